The minimum Gasteiger partial charge on any atom is -0.456 e. The van der Waals surface area contributed by atoms with Gasteiger partial charge in [0.15, 0.2) is 0 Å². The summed E-state index contributed by atoms with van der Waals surface area (Å²) in [5, 5.41) is 2.26. The fourth-order valence-corrected chi connectivity index (χ4v) is 13.9. The van der Waals surface area contributed by atoms with Crippen LogP contribution >= 0.6 is 0 Å². The second-order valence-corrected chi connectivity index (χ2v) is 28.0. The summed E-state index contributed by atoms with van der Waals surface area (Å²) < 4.78 is 6.76. The summed E-state index contributed by atoms with van der Waals surface area (Å²) in [6.45, 7) is 33.7. The molecular weight excluding hydrogens is 934 g/mol. The number of rotatable bonds is 5. The molecule has 0 spiro atoms. The predicted molar refractivity (Wildman–Crippen MR) is 330 cm³/mol. The number of fused-ring (bicyclic) bond motifs is 9. The van der Waals surface area contributed by atoms with Crippen molar-refractivity contribution in [3.63, 3.8) is 0 Å². The van der Waals surface area contributed by atoms with Crippen molar-refractivity contribution >= 4 is 96.2 Å². The van der Waals surface area contributed by atoms with Gasteiger partial charge in [-0.05, 0) is 199 Å². The molecule has 9 aromatic rings. The highest BCUT2D eigenvalue weighted by Gasteiger charge is 2.48. The van der Waals surface area contributed by atoms with Gasteiger partial charge in [-0.3, -0.25) is 0 Å². The zero-order valence-electron chi connectivity index (χ0n) is 48.2. The lowest BCUT2D eigenvalue weighted by Crippen LogP contribution is -2.62. The van der Waals surface area contributed by atoms with Gasteiger partial charge in [-0.2, -0.15) is 0 Å². The van der Waals surface area contributed by atoms with Crippen molar-refractivity contribution in [1.82, 2.24) is 0 Å². The summed E-state index contributed by atoms with van der Waals surface area (Å²) in [6.07, 6.45) is 4.65. The van der Waals surface area contributed by atoms with Gasteiger partial charge in [0.2, 0.25) is 0 Å². The molecule has 0 atom stereocenters. The maximum atomic E-state index is 6.76. The molecule has 2 aliphatic heterocycles. The number of benzene rings is 8. The van der Waals surface area contributed by atoms with Crippen molar-refractivity contribution in [2.45, 2.75) is 155 Å². The van der Waals surface area contributed by atoms with Crippen LogP contribution in [0.1, 0.15) is 156 Å². The molecule has 77 heavy (non-hydrogen) atoms. The first-order valence-corrected chi connectivity index (χ1v) is 28.5. The Bertz CT molecular complexity index is 3820. The summed E-state index contributed by atoms with van der Waals surface area (Å²) >= 11 is 0. The SMILES string of the molecule is CC(C)(C)c1cc2c3c(c1)N(c1ccc4c(c1)C(C)(C)CCC4(C)C)c1cc4c(cc1B3c1ccc(N(c3ccccc3)c3ccccc3)cc1N2c1ccc2oc3cc(C(C)(C)C)ccc3c2c1)C(C)(C)CCC4(C)C. The Morgan fingerprint density at radius 1 is 0.403 bits per heavy atom. The smallest absolute Gasteiger partial charge is 0.252 e. The van der Waals surface area contributed by atoms with Gasteiger partial charge in [-0.15, -0.1) is 0 Å². The van der Waals surface area contributed by atoms with Crippen LogP contribution in [0, 0.1) is 0 Å². The van der Waals surface area contributed by atoms with E-state index in [9.17, 15) is 0 Å². The third-order valence-electron chi connectivity index (χ3n) is 18.9. The van der Waals surface area contributed by atoms with Gasteiger partial charge in [0.1, 0.15) is 11.2 Å². The first kappa shape index (κ1) is 49.6. The van der Waals surface area contributed by atoms with E-state index in [4.69, 9.17) is 4.42 Å². The highest BCUT2D eigenvalue weighted by molar-refractivity contribution is 7.00. The maximum Gasteiger partial charge on any atom is 0.252 e. The Kier molecular flexibility index (Phi) is 10.8. The van der Waals surface area contributed by atoms with E-state index in [-0.39, 0.29) is 39.2 Å². The van der Waals surface area contributed by atoms with E-state index >= 15 is 0 Å². The molecule has 0 unspecified atom stereocenters. The number of nitrogens with zero attached hydrogens (tertiary/aromatic N) is 3. The molecule has 0 saturated carbocycles. The molecule has 4 aliphatic rings. The largest absolute Gasteiger partial charge is 0.456 e. The third kappa shape index (κ3) is 7.83. The molecular formula is C72H76BN3O. The average Bonchev–Trinajstić information content (AvgIpc) is 3.94. The van der Waals surface area contributed by atoms with Crippen molar-refractivity contribution in [1.29, 1.82) is 0 Å². The molecule has 0 saturated heterocycles. The first-order valence-electron chi connectivity index (χ1n) is 28.5. The van der Waals surface area contributed by atoms with E-state index in [0.29, 0.717) is 0 Å². The van der Waals surface area contributed by atoms with Crippen LogP contribution < -0.4 is 31.1 Å². The van der Waals surface area contributed by atoms with Crippen molar-refractivity contribution in [3.8, 4) is 0 Å². The second-order valence-electron chi connectivity index (χ2n) is 28.0. The molecule has 0 bridgehead atoms. The standard InChI is InChI=1S/C72H76BN3O/c1-67(2,3)45-25-29-52-53-40-49(28-32-64(53)77-65(52)39-45)75-60-42-51(74(47-21-17-15-18-22-47)48-23-19-16-20-24-48)27-31-58(60)73-59-43-56-57(72(13,14)36-35-71(56,11)12)44-61(59)76(63-38-46(68(4,5)6)37-62(75)66(63)73)50-26-30-54-55(41-50)70(9,10)34-33-69(54,7)8/h15-32,37-44H,33-36H2,1-14H3. The highest BCUT2D eigenvalue weighted by atomic mass is 16.3. The topological polar surface area (TPSA) is 22.9 Å². The summed E-state index contributed by atoms with van der Waals surface area (Å²) in [6, 6.07) is 60.8. The van der Waals surface area contributed by atoms with Gasteiger partial charge in [0.25, 0.3) is 6.71 Å². The van der Waals surface area contributed by atoms with Crippen LogP contribution in [0.15, 0.2) is 162 Å². The lowest BCUT2D eigenvalue weighted by atomic mass is 9.33. The van der Waals surface area contributed by atoms with E-state index in [1.54, 1.807) is 0 Å². The number of hydrogen-bond donors (Lipinski definition) is 0. The Morgan fingerprint density at radius 2 is 0.922 bits per heavy atom. The lowest BCUT2D eigenvalue weighted by Gasteiger charge is -2.48. The van der Waals surface area contributed by atoms with Crippen LogP contribution in [0.4, 0.5) is 51.2 Å². The number of hydrogen-bond acceptors (Lipinski definition) is 4. The number of anilines is 9. The monoisotopic (exact) mass is 1010 g/mol. The molecule has 0 radical (unpaired) electrons. The Balaban J connectivity index is 1.15. The summed E-state index contributed by atoms with van der Waals surface area (Å²) in [4.78, 5) is 7.74. The van der Waals surface area contributed by atoms with Crippen LogP contribution in [0.25, 0.3) is 21.9 Å². The lowest BCUT2D eigenvalue weighted by molar-refractivity contribution is 0.332. The molecule has 3 heterocycles. The zero-order valence-corrected chi connectivity index (χ0v) is 48.2. The fraction of sp³-hybridized carbons (Fsp3) is 0.333. The van der Waals surface area contributed by atoms with Crippen LogP contribution in [-0.4, -0.2) is 6.71 Å². The van der Waals surface area contributed by atoms with Crippen molar-refractivity contribution < 1.29 is 4.42 Å². The van der Waals surface area contributed by atoms with Crippen molar-refractivity contribution in [3.05, 3.63) is 191 Å². The van der Waals surface area contributed by atoms with Gasteiger partial charge >= 0.3 is 0 Å². The summed E-state index contributed by atoms with van der Waals surface area (Å²) in [5.74, 6) is 0. The van der Waals surface area contributed by atoms with Crippen LogP contribution in [-0.2, 0) is 32.5 Å². The van der Waals surface area contributed by atoms with E-state index < -0.39 is 0 Å². The van der Waals surface area contributed by atoms with Crippen LogP contribution in [0.2, 0.25) is 0 Å². The number of para-hydroxylation sites is 2. The molecule has 1 aromatic heterocycles. The van der Waals surface area contributed by atoms with Crippen LogP contribution in [0.5, 0.6) is 0 Å². The quantitative estimate of drug-likeness (QED) is 0.160. The van der Waals surface area contributed by atoms with Gasteiger partial charge in [-0.25, -0.2) is 0 Å². The molecule has 388 valence electrons. The minimum atomic E-state index is -0.169. The molecule has 2 aliphatic carbocycles. The Hall–Kier alpha value is -6.98. The van der Waals surface area contributed by atoms with Crippen molar-refractivity contribution in [2.24, 2.45) is 0 Å². The minimum absolute atomic E-state index is 0.00170. The molecule has 8 aromatic carbocycles. The van der Waals surface area contributed by atoms with E-state index in [1.165, 1.54) is 84.6 Å². The second kappa shape index (κ2) is 16.8. The molecule has 0 amide bonds. The molecule has 4 nitrogen and oxygen atoms in total. The highest BCUT2D eigenvalue weighted by Crippen LogP contribution is 2.54. The van der Waals surface area contributed by atoms with E-state index in [0.717, 1.165) is 64.0 Å². The molecule has 0 N–H and O–H groups in total. The first-order chi connectivity index (χ1) is 36.4. The normalized spacial score (nSPS) is 17.6. The third-order valence-corrected chi connectivity index (χ3v) is 18.9. The van der Waals surface area contributed by atoms with E-state index in [1.807, 2.05) is 0 Å². The zero-order chi connectivity index (χ0) is 53.9. The van der Waals surface area contributed by atoms with Gasteiger partial charge in [-0.1, -0.05) is 164 Å². The van der Waals surface area contributed by atoms with Crippen LogP contribution in [0.3, 0.4) is 0 Å². The van der Waals surface area contributed by atoms with E-state index in [2.05, 4.69) is 269 Å². The van der Waals surface area contributed by atoms with Gasteiger partial charge in [0.05, 0.1) is 0 Å². The Morgan fingerprint density at radius 3 is 1.51 bits per heavy atom. The summed E-state index contributed by atoms with van der Waals surface area (Å²) in [7, 11) is 0. The summed E-state index contributed by atoms with van der Waals surface area (Å²) in [5.41, 5.74) is 25.1. The average molecular weight is 1010 g/mol. The fourth-order valence-electron chi connectivity index (χ4n) is 13.9. The van der Waals surface area contributed by atoms with Gasteiger partial charge < -0.3 is 19.1 Å². The van der Waals surface area contributed by atoms with Gasteiger partial charge in [0, 0.05) is 62.0 Å². The molecule has 13 rings (SSSR count). The van der Waals surface area contributed by atoms with Crippen molar-refractivity contribution in [2.75, 3.05) is 14.7 Å². The molecule has 0 fully saturated rings. The predicted octanol–water partition coefficient (Wildman–Crippen LogP) is 18.4. The molecule has 5 heteroatoms. The number of furan rings is 1. The maximum absolute atomic E-state index is 6.76. The Labute approximate surface area is 459 Å².